The molecule has 28 heavy (non-hydrogen) atoms. The number of carbonyl (C=O) groups excluding carboxylic acids is 2. The van der Waals surface area contributed by atoms with Crippen LogP contribution in [0.1, 0.15) is 74.2 Å². The molecule has 5 heteroatoms. The van der Waals surface area contributed by atoms with E-state index in [-0.39, 0.29) is 28.0 Å². The lowest BCUT2D eigenvalue weighted by Crippen LogP contribution is -2.54. The normalized spacial score (nSPS) is 28.6. The Morgan fingerprint density at radius 3 is 2.39 bits per heavy atom. The third-order valence-electron chi connectivity index (χ3n) is 6.71. The van der Waals surface area contributed by atoms with Crippen LogP contribution in [0.15, 0.2) is 12.2 Å². The van der Waals surface area contributed by atoms with Gasteiger partial charge in [0.15, 0.2) is 12.1 Å². The number of aldehydes is 1. The molecule has 1 aromatic carbocycles. The van der Waals surface area contributed by atoms with E-state index in [0.717, 1.165) is 6.42 Å². The molecule has 0 saturated carbocycles. The van der Waals surface area contributed by atoms with Gasteiger partial charge in [-0.2, -0.15) is 0 Å². The molecule has 2 N–H and O–H groups in total. The highest BCUT2D eigenvalue weighted by Crippen LogP contribution is 2.57. The number of carbonyl (C=O) groups is 2. The van der Waals surface area contributed by atoms with Crippen LogP contribution in [0.25, 0.3) is 0 Å². The van der Waals surface area contributed by atoms with Gasteiger partial charge >= 0.3 is 0 Å². The zero-order valence-corrected chi connectivity index (χ0v) is 17.5. The van der Waals surface area contributed by atoms with Gasteiger partial charge in [0, 0.05) is 16.9 Å². The quantitative estimate of drug-likeness (QED) is 0.446. The highest BCUT2D eigenvalue weighted by atomic mass is 16.5. The Morgan fingerprint density at radius 2 is 1.86 bits per heavy atom. The van der Waals surface area contributed by atoms with Gasteiger partial charge in [0.05, 0.1) is 5.56 Å². The maximum atomic E-state index is 12.6. The molecule has 3 rings (SSSR count). The molecule has 0 aromatic heterocycles. The van der Waals surface area contributed by atoms with E-state index in [0.29, 0.717) is 30.1 Å². The maximum Gasteiger partial charge on any atom is 0.172 e. The molecule has 0 saturated heterocycles. The van der Waals surface area contributed by atoms with Crippen LogP contribution in [0.5, 0.6) is 17.2 Å². The number of hydrogen-bond acceptors (Lipinski definition) is 5. The summed E-state index contributed by atoms with van der Waals surface area (Å²) in [5.74, 6) is -0.572. The van der Waals surface area contributed by atoms with Crippen LogP contribution in [0.2, 0.25) is 0 Å². The zero-order valence-electron chi connectivity index (χ0n) is 17.5. The first kappa shape index (κ1) is 20.4. The third-order valence-corrected chi connectivity index (χ3v) is 6.71. The van der Waals surface area contributed by atoms with Gasteiger partial charge in [-0.05, 0) is 37.7 Å². The molecule has 1 aromatic rings. The molecule has 5 nitrogen and oxygen atoms in total. The fourth-order valence-electron chi connectivity index (χ4n) is 4.45. The van der Waals surface area contributed by atoms with Crippen LogP contribution >= 0.6 is 0 Å². The van der Waals surface area contributed by atoms with E-state index in [9.17, 15) is 19.8 Å². The van der Waals surface area contributed by atoms with Crippen LogP contribution in [0, 0.1) is 23.2 Å². The van der Waals surface area contributed by atoms with Crippen molar-refractivity contribution in [3.05, 3.63) is 28.8 Å². The monoisotopic (exact) mass is 386 g/mol. The average molecular weight is 386 g/mol. The summed E-state index contributed by atoms with van der Waals surface area (Å²) < 4.78 is 6.28. The molecule has 1 heterocycles. The van der Waals surface area contributed by atoms with Crippen LogP contribution in [-0.4, -0.2) is 27.9 Å². The zero-order chi connectivity index (χ0) is 21.0. The van der Waals surface area contributed by atoms with Gasteiger partial charge in [0.25, 0.3) is 0 Å². The first-order valence-corrected chi connectivity index (χ1v) is 9.94. The Balaban J connectivity index is 2.23. The number of allylic oxidation sites excluding steroid dienone is 1. The second kappa shape index (κ2) is 6.64. The van der Waals surface area contributed by atoms with E-state index in [2.05, 4.69) is 26.8 Å². The largest absolute Gasteiger partial charge is 0.507 e. The van der Waals surface area contributed by atoms with E-state index in [1.54, 1.807) is 13.8 Å². The first-order valence-electron chi connectivity index (χ1n) is 9.94. The lowest BCUT2D eigenvalue weighted by molar-refractivity contribution is -0.0389. The standard InChI is InChI=1S/C23H30O5/c1-12(2)14-7-8-23(6)22(5,9-14)10-15-19(26)17(18(25)13(3)4)20(27)16(11-24)21(15)28-23/h7-8,11-14,26-27H,9-10H2,1-6H3/t14-,22+,23+/m0/s1. The number of phenolic OH excluding ortho intramolecular Hbond substituents is 2. The molecule has 1 aliphatic carbocycles. The second-order valence-electron chi connectivity index (χ2n) is 9.35. The molecular formula is C23H30O5. The summed E-state index contributed by atoms with van der Waals surface area (Å²) in [7, 11) is 0. The molecule has 0 bridgehead atoms. The van der Waals surface area contributed by atoms with Gasteiger partial charge in [-0.1, -0.05) is 40.7 Å². The van der Waals surface area contributed by atoms with Gasteiger partial charge in [-0.25, -0.2) is 0 Å². The fourth-order valence-corrected chi connectivity index (χ4v) is 4.45. The van der Waals surface area contributed by atoms with Crippen molar-refractivity contribution < 1.29 is 24.5 Å². The minimum atomic E-state index is -0.675. The minimum Gasteiger partial charge on any atom is -0.507 e. The lowest BCUT2D eigenvalue weighted by Gasteiger charge is -2.53. The Labute approximate surface area is 166 Å². The maximum absolute atomic E-state index is 12.6. The molecule has 2 aliphatic rings. The number of ketones is 1. The third kappa shape index (κ3) is 2.83. The second-order valence-corrected chi connectivity index (χ2v) is 9.35. The number of fused-ring (bicyclic) bond motifs is 2. The van der Waals surface area contributed by atoms with Crippen LogP contribution < -0.4 is 4.74 Å². The number of benzene rings is 1. The SMILES string of the molecule is CC(C)C(=O)c1c(O)c(C=O)c2c(c1O)C[C@@]1(C)C[C@@H](C(C)C)C=C[C@@]1(C)O2. The van der Waals surface area contributed by atoms with E-state index >= 15 is 0 Å². The van der Waals surface area contributed by atoms with Crippen molar-refractivity contribution in [3.8, 4) is 17.2 Å². The predicted molar refractivity (Wildman–Crippen MR) is 107 cm³/mol. The molecule has 0 unspecified atom stereocenters. The number of rotatable bonds is 4. The Morgan fingerprint density at radius 1 is 1.21 bits per heavy atom. The summed E-state index contributed by atoms with van der Waals surface area (Å²) in [6.07, 6.45) is 6.02. The van der Waals surface area contributed by atoms with E-state index in [1.165, 1.54) is 0 Å². The molecule has 0 amide bonds. The van der Waals surface area contributed by atoms with Crippen molar-refractivity contribution in [1.82, 2.24) is 0 Å². The van der Waals surface area contributed by atoms with E-state index in [1.807, 2.05) is 13.0 Å². The van der Waals surface area contributed by atoms with Crippen LogP contribution in [-0.2, 0) is 6.42 Å². The molecule has 0 radical (unpaired) electrons. The average Bonchev–Trinajstić information content (AvgIpc) is 2.60. The summed E-state index contributed by atoms with van der Waals surface area (Å²) in [5.41, 5.74) is -0.818. The number of phenols is 2. The summed E-state index contributed by atoms with van der Waals surface area (Å²) in [5, 5.41) is 21.5. The van der Waals surface area contributed by atoms with Crippen LogP contribution in [0.4, 0.5) is 0 Å². The Hall–Kier alpha value is -2.30. The number of hydrogen-bond donors (Lipinski definition) is 2. The highest BCUT2D eigenvalue weighted by molar-refractivity contribution is 6.06. The van der Waals surface area contributed by atoms with Gasteiger partial charge in [0.1, 0.15) is 28.4 Å². The van der Waals surface area contributed by atoms with Crippen molar-refractivity contribution in [2.24, 2.45) is 23.2 Å². The fraction of sp³-hybridized carbons (Fsp3) is 0.565. The Kier molecular flexibility index (Phi) is 4.85. The van der Waals surface area contributed by atoms with Gasteiger partial charge < -0.3 is 14.9 Å². The van der Waals surface area contributed by atoms with Crippen molar-refractivity contribution in [2.45, 2.75) is 60.0 Å². The van der Waals surface area contributed by atoms with Crippen molar-refractivity contribution in [3.63, 3.8) is 0 Å². The van der Waals surface area contributed by atoms with E-state index < -0.39 is 23.1 Å². The van der Waals surface area contributed by atoms with Gasteiger partial charge in [-0.3, -0.25) is 9.59 Å². The first-order chi connectivity index (χ1) is 13.0. The van der Waals surface area contributed by atoms with Crippen molar-refractivity contribution >= 4 is 12.1 Å². The Bertz CT molecular complexity index is 866. The summed E-state index contributed by atoms with van der Waals surface area (Å²) in [6, 6.07) is 0. The van der Waals surface area contributed by atoms with E-state index in [4.69, 9.17) is 4.74 Å². The number of ether oxygens (including phenoxy) is 1. The number of Topliss-reactive ketones (excluding diaryl/α,β-unsaturated/α-hetero) is 1. The molecule has 3 atom stereocenters. The summed E-state index contributed by atoms with van der Waals surface area (Å²) >= 11 is 0. The molecule has 152 valence electrons. The minimum absolute atomic E-state index is 0.0699. The molecule has 1 aliphatic heterocycles. The van der Waals surface area contributed by atoms with Crippen molar-refractivity contribution in [2.75, 3.05) is 0 Å². The molecule has 0 spiro atoms. The summed E-state index contributed by atoms with van der Waals surface area (Å²) in [4.78, 5) is 24.4. The molecular weight excluding hydrogens is 356 g/mol. The number of aromatic hydroxyl groups is 2. The highest BCUT2D eigenvalue weighted by Gasteiger charge is 2.53. The van der Waals surface area contributed by atoms with Gasteiger partial charge in [0.2, 0.25) is 0 Å². The summed E-state index contributed by atoms with van der Waals surface area (Å²) in [6.45, 7) is 11.8. The lowest BCUT2D eigenvalue weighted by atomic mass is 9.59. The predicted octanol–water partition coefficient (Wildman–Crippen LogP) is 4.68. The molecule has 0 fully saturated rings. The topological polar surface area (TPSA) is 83.8 Å². The smallest absolute Gasteiger partial charge is 0.172 e. The van der Waals surface area contributed by atoms with Crippen molar-refractivity contribution in [1.29, 1.82) is 0 Å². The van der Waals surface area contributed by atoms with Gasteiger partial charge in [-0.15, -0.1) is 0 Å². The van der Waals surface area contributed by atoms with Crippen LogP contribution in [0.3, 0.4) is 0 Å².